The Balaban J connectivity index is 1.94. The summed E-state index contributed by atoms with van der Waals surface area (Å²) >= 11 is 8.66. The number of nitrogens with one attached hydrogen (secondary N) is 2. The zero-order valence-electron chi connectivity index (χ0n) is 14.4. The summed E-state index contributed by atoms with van der Waals surface area (Å²) in [5.41, 5.74) is 2.42. The average molecular weight is 421 g/mol. The number of aryl methyl sites for hydroxylation is 1. The maximum Gasteiger partial charge on any atom is 0.257 e. The molecule has 0 aliphatic heterocycles. The first-order valence-corrected chi connectivity index (χ1v) is 9.24. The Morgan fingerprint density at radius 3 is 2.52 bits per heavy atom. The van der Waals surface area contributed by atoms with Crippen LogP contribution in [0.3, 0.4) is 0 Å². The molecule has 0 fully saturated rings. The zero-order chi connectivity index (χ0) is 18.4. The molecular weight excluding hydrogens is 400 g/mol. The van der Waals surface area contributed by atoms with Gasteiger partial charge in [0.25, 0.3) is 5.91 Å². The summed E-state index contributed by atoms with van der Waals surface area (Å²) in [7, 11) is 0. The number of anilines is 1. The highest BCUT2D eigenvalue weighted by molar-refractivity contribution is 9.10. The van der Waals surface area contributed by atoms with Gasteiger partial charge in [-0.15, -0.1) is 0 Å². The van der Waals surface area contributed by atoms with Gasteiger partial charge in [0, 0.05) is 15.7 Å². The molecule has 0 aliphatic rings. The van der Waals surface area contributed by atoms with Crippen molar-refractivity contribution in [3.05, 3.63) is 58.1 Å². The van der Waals surface area contributed by atoms with E-state index in [1.807, 2.05) is 32.0 Å². The fraction of sp³-hybridized carbons (Fsp3) is 0.263. The van der Waals surface area contributed by atoms with Crippen LogP contribution in [-0.4, -0.2) is 17.1 Å². The number of thiocarbonyl (C=S) groups is 1. The monoisotopic (exact) mass is 420 g/mol. The highest BCUT2D eigenvalue weighted by Gasteiger charge is 2.09. The van der Waals surface area contributed by atoms with Crippen LogP contribution in [0.2, 0.25) is 0 Å². The van der Waals surface area contributed by atoms with E-state index < -0.39 is 0 Å². The lowest BCUT2D eigenvalue weighted by Gasteiger charge is -2.13. The minimum absolute atomic E-state index is 0.144. The van der Waals surface area contributed by atoms with Gasteiger partial charge in [0.2, 0.25) is 0 Å². The zero-order valence-corrected chi connectivity index (χ0v) is 16.8. The van der Waals surface area contributed by atoms with E-state index in [4.69, 9.17) is 17.0 Å². The van der Waals surface area contributed by atoms with Gasteiger partial charge in [-0.1, -0.05) is 22.9 Å². The van der Waals surface area contributed by atoms with E-state index in [1.165, 1.54) is 0 Å². The predicted molar refractivity (Wildman–Crippen MR) is 109 cm³/mol. The Kier molecular flexibility index (Phi) is 6.96. The van der Waals surface area contributed by atoms with E-state index in [0.717, 1.165) is 27.9 Å². The number of carbonyl (C=O) groups is 1. The molecule has 0 heterocycles. The predicted octanol–water partition coefficient (Wildman–Crippen LogP) is 5.06. The number of hydrogen-bond donors (Lipinski definition) is 2. The first-order valence-electron chi connectivity index (χ1n) is 8.04. The van der Waals surface area contributed by atoms with Crippen molar-refractivity contribution in [3.8, 4) is 5.75 Å². The second-order valence-corrected chi connectivity index (χ2v) is 7.00. The molecule has 2 aromatic rings. The van der Waals surface area contributed by atoms with Crippen molar-refractivity contribution in [2.45, 2.75) is 33.3 Å². The van der Waals surface area contributed by atoms with Gasteiger partial charge in [0.05, 0.1) is 6.10 Å². The molecule has 0 aromatic heterocycles. The van der Waals surface area contributed by atoms with Gasteiger partial charge < -0.3 is 10.1 Å². The number of benzene rings is 2. The minimum atomic E-state index is -0.263. The van der Waals surface area contributed by atoms with E-state index in [0.29, 0.717) is 5.56 Å². The van der Waals surface area contributed by atoms with Crippen LogP contribution in [0.4, 0.5) is 5.69 Å². The lowest BCUT2D eigenvalue weighted by Crippen LogP contribution is -2.34. The Morgan fingerprint density at radius 1 is 1.24 bits per heavy atom. The Bertz CT molecular complexity index is 763. The van der Waals surface area contributed by atoms with Crippen LogP contribution in [0.15, 0.2) is 46.9 Å². The van der Waals surface area contributed by atoms with Crippen LogP contribution in [-0.2, 0) is 0 Å². The molecule has 0 unspecified atom stereocenters. The van der Waals surface area contributed by atoms with Gasteiger partial charge in [0.1, 0.15) is 5.75 Å². The van der Waals surface area contributed by atoms with Gasteiger partial charge in [-0.25, -0.2) is 0 Å². The standard InChI is InChI=1S/C19H21BrN2O2S/c1-4-13(3)24-16-8-5-14(6-9-16)18(23)22-19(25)21-15-7-10-17(20)12(2)11-15/h5-11,13H,4H2,1-3H3,(H2,21,22,23,25)/t13-/m1/s1. The van der Waals surface area contributed by atoms with Crippen LogP contribution in [0.25, 0.3) is 0 Å². The Labute approximate surface area is 162 Å². The number of rotatable bonds is 5. The summed E-state index contributed by atoms with van der Waals surface area (Å²) in [6.45, 7) is 6.06. The molecule has 0 aliphatic carbocycles. The third kappa shape index (κ3) is 5.83. The van der Waals surface area contributed by atoms with Crippen molar-refractivity contribution in [2.24, 2.45) is 0 Å². The normalized spacial score (nSPS) is 11.5. The van der Waals surface area contributed by atoms with E-state index in [-0.39, 0.29) is 17.1 Å². The summed E-state index contributed by atoms with van der Waals surface area (Å²) in [6, 6.07) is 12.8. The minimum Gasteiger partial charge on any atom is -0.491 e. The van der Waals surface area contributed by atoms with E-state index in [1.54, 1.807) is 24.3 Å². The molecule has 0 saturated carbocycles. The molecule has 0 bridgehead atoms. The second-order valence-electron chi connectivity index (χ2n) is 5.73. The molecule has 25 heavy (non-hydrogen) atoms. The van der Waals surface area contributed by atoms with Crippen LogP contribution in [0.5, 0.6) is 5.75 Å². The molecule has 2 rings (SSSR count). The smallest absolute Gasteiger partial charge is 0.257 e. The number of amides is 1. The fourth-order valence-electron chi connectivity index (χ4n) is 2.06. The number of carbonyl (C=O) groups excluding carboxylic acids is 1. The van der Waals surface area contributed by atoms with Crippen molar-refractivity contribution in [3.63, 3.8) is 0 Å². The maximum atomic E-state index is 12.3. The molecule has 0 radical (unpaired) electrons. The molecule has 2 aromatic carbocycles. The molecule has 0 saturated heterocycles. The third-order valence-electron chi connectivity index (χ3n) is 3.67. The van der Waals surface area contributed by atoms with Crippen molar-refractivity contribution < 1.29 is 9.53 Å². The SMILES string of the molecule is CC[C@@H](C)Oc1ccc(C(=O)NC(=S)Nc2ccc(Br)c(C)c2)cc1. The molecule has 4 nitrogen and oxygen atoms in total. The molecule has 6 heteroatoms. The van der Waals surface area contributed by atoms with Crippen LogP contribution in [0.1, 0.15) is 36.2 Å². The quantitative estimate of drug-likeness (QED) is 0.663. The Morgan fingerprint density at radius 2 is 1.92 bits per heavy atom. The Hall–Kier alpha value is -1.92. The van der Waals surface area contributed by atoms with Crippen LogP contribution in [0, 0.1) is 6.92 Å². The number of halogens is 1. The molecule has 2 N–H and O–H groups in total. The number of hydrogen-bond acceptors (Lipinski definition) is 3. The van der Waals surface area contributed by atoms with Gasteiger partial charge in [-0.2, -0.15) is 0 Å². The van der Waals surface area contributed by atoms with Crippen LogP contribution >= 0.6 is 28.1 Å². The van der Waals surface area contributed by atoms with Crippen molar-refractivity contribution in [1.82, 2.24) is 5.32 Å². The highest BCUT2D eigenvalue weighted by Crippen LogP contribution is 2.20. The van der Waals surface area contributed by atoms with Gasteiger partial charge in [-0.3, -0.25) is 10.1 Å². The lowest BCUT2D eigenvalue weighted by molar-refractivity contribution is 0.0977. The molecule has 132 valence electrons. The van der Waals surface area contributed by atoms with E-state index >= 15 is 0 Å². The summed E-state index contributed by atoms with van der Waals surface area (Å²) in [5, 5.41) is 5.94. The maximum absolute atomic E-state index is 12.3. The highest BCUT2D eigenvalue weighted by atomic mass is 79.9. The van der Waals surface area contributed by atoms with E-state index in [9.17, 15) is 4.79 Å². The first-order chi connectivity index (χ1) is 11.9. The second kappa shape index (κ2) is 8.97. The fourth-order valence-corrected chi connectivity index (χ4v) is 2.52. The molecular formula is C19H21BrN2O2S. The first kappa shape index (κ1) is 19.4. The van der Waals surface area contributed by atoms with Gasteiger partial charge in [0.15, 0.2) is 5.11 Å². The molecule has 1 amide bonds. The summed E-state index contributed by atoms with van der Waals surface area (Å²) in [6.07, 6.45) is 1.07. The average Bonchev–Trinajstić information content (AvgIpc) is 2.58. The molecule has 0 spiro atoms. The largest absolute Gasteiger partial charge is 0.491 e. The number of ether oxygens (including phenoxy) is 1. The van der Waals surface area contributed by atoms with E-state index in [2.05, 4.69) is 33.5 Å². The summed E-state index contributed by atoms with van der Waals surface area (Å²) < 4.78 is 6.73. The van der Waals surface area contributed by atoms with Gasteiger partial charge in [-0.05, 0) is 80.5 Å². The van der Waals surface area contributed by atoms with Crippen LogP contribution < -0.4 is 15.4 Å². The topological polar surface area (TPSA) is 50.4 Å². The van der Waals surface area contributed by atoms with Crippen molar-refractivity contribution in [1.29, 1.82) is 0 Å². The third-order valence-corrected chi connectivity index (χ3v) is 4.77. The summed E-state index contributed by atoms with van der Waals surface area (Å²) in [4.78, 5) is 12.3. The molecule has 1 atom stereocenters. The van der Waals surface area contributed by atoms with Crippen molar-refractivity contribution >= 4 is 44.9 Å². The van der Waals surface area contributed by atoms with Gasteiger partial charge >= 0.3 is 0 Å². The summed E-state index contributed by atoms with van der Waals surface area (Å²) in [5.74, 6) is 0.485. The lowest BCUT2D eigenvalue weighted by atomic mass is 10.2. The van der Waals surface area contributed by atoms with Crippen molar-refractivity contribution in [2.75, 3.05) is 5.32 Å².